The van der Waals surface area contributed by atoms with Gasteiger partial charge in [0.25, 0.3) is 0 Å². The van der Waals surface area contributed by atoms with Crippen LogP contribution in [0.15, 0.2) is 54.6 Å². The monoisotopic (exact) mass is 340 g/mol. The van der Waals surface area contributed by atoms with Crippen LogP contribution in [0.1, 0.15) is 36.1 Å². The number of benzene rings is 3. The highest BCUT2D eigenvalue weighted by Crippen LogP contribution is 2.31. The molecule has 0 aliphatic rings. The van der Waals surface area contributed by atoms with E-state index in [0.29, 0.717) is 22.8 Å². The molecular formula is C22H19F3. The van der Waals surface area contributed by atoms with Crippen molar-refractivity contribution in [3.8, 4) is 0 Å². The van der Waals surface area contributed by atoms with Crippen LogP contribution in [0, 0.1) is 5.82 Å². The average molecular weight is 340 g/mol. The predicted octanol–water partition coefficient (Wildman–Crippen LogP) is 6.87. The molecule has 0 aromatic heterocycles. The lowest BCUT2D eigenvalue weighted by atomic mass is 10.0. The van der Waals surface area contributed by atoms with E-state index >= 15 is 0 Å². The van der Waals surface area contributed by atoms with Gasteiger partial charge in [0.1, 0.15) is 5.82 Å². The van der Waals surface area contributed by atoms with Gasteiger partial charge in [0.15, 0.2) is 11.7 Å². The van der Waals surface area contributed by atoms with Crippen LogP contribution in [0.2, 0.25) is 0 Å². The zero-order valence-corrected chi connectivity index (χ0v) is 14.2. The standard InChI is InChI=1S/C22H19F3/c1-3-14-5-7-16(8-6-14)21(24)22(25)18-11-12-19-17(13-18)10-9-15(4-2)20(19)23/h5-13H,3-4H2,1-2H3. The minimum absolute atomic E-state index is 0.105. The van der Waals surface area contributed by atoms with Crippen LogP contribution in [-0.2, 0) is 12.8 Å². The third-order valence-electron chi connectivity index (χ3n) is 4.48. The molecule has 0 spiro atoms. The SMILES string of the molecule is CCc1ccc(C(F)=C(F)c2ccc3c(F)c(CC)ccc3c2)cc1. The maximum Gasteiger partial charge on any atom is 0.166 e. The zero-order valence-electron chi connectivity index (χ0n) is 14.2. The molecule has 3 heteroatoms. The number of halogens is 3. The Morgan fingerprint density at radius 2 is 1.40 bits per heavy atom. The van der Waals surface area contributed by atoms with Crippen molar-refractivity contribution in [3.63, 3.8) is 0 Å². The molecule has 0 fully saturated rings. The molecule has 3 aromatic carbocycles. The normalized spacial score (nSPS) is 12.4. The van der Waals surface area contributed by atoms with Gasteiger partial charge in [0, 0.05) is 16.5 Å². The van der Waals surface area contributed by atoms with E-state index in [2.05, 4.69) is 0 Å². The molecule has 0 nitrogen and oxygen atoms in total. The summed E-state index contributed by atoms with van der Waals surface area (Å²) in [6.07, 6.45) is 1.42. The third-order valence-corrected chi connectivity index (χ3v) is 4.48. The first kappa shape index (κ1) is 17.3. The summed E-state index contributed by atoms with van der Waals surface area (Å²) < 4.78 is 43.4. The molecule has 3 aromatic rings. The van der Waals surface area contributed by atoms with Crippen LogP contribution in [-0.4, -0.2) is 0 Å². The topological polar surface area (TPSA) is 0 Å². The van der Waals surface area contributed by atoms with Gasteiger partial charge in [-0.05, 0) is 35.4 Å². The Kier molecular flexibility index (Phi) is 4.93. The van der Waals surface area contributed by atoms with E-state index in [1.165, 1.54) is 18.2 Å². The predicted molar refractivity (Wildman–Crippen MR) is 98.1 cm³/mol. The minimum Gasteiger partial charge on any atom is -0.206 e. The van der Waals surface area contributed by atoms with Crippen molar-refractivity contribution in [3.05, 3.63) is 82.7 Å². The van der Waals surface area contributed by atoms with Gasteiger partial charge in [-0.1, -0.05) is 62.4 Å². The summed E-state index contributed by atoms with van der Waals surface area (Å²) in [4.78, 5) is 0. The molecule has 0 aliphatic heterocycles. The highest BCUT2D eigenvalue weighted by atomic mass is 19.2. The van der Waals surface area contributed by atoms with E-state index in [0.717, 1.165) is 12.0 Å². The Balaban J connectivity index is 2.04. The lowest BCUT2D eigenvalue weighted by molar-refractivity contribution is 0.624. The van der Waals surface area contributed by atoms with Crippen LogP contribution in [0.25, 0.3) is 22.4 Å². The van der Waals surface area contributed by atoms with Gasteiger partial charge in [0.2, 0.25) is 0 Å². The van der Waals surface area contributed by atoms with Crippen molar-refractivity contribution in [2.75, 3.05) is 0 Å². The van der Waals surface area contributed by atoms with Crippen LogP contribution in [0.3, 0.4) is 0 Å². The second-order valence-corrected chi connectivity index (χ2v) is 6.01. The molecule has 128 valence electrons. The highest BCUT2D eigenvalue weighted by Gasteiger charge is 2.13. The number of fused-ring (bicyclic) bond motifs is 1. The molecule has 0 radical (unpaired) electrons. The summed E-state index contributed by atoms with van der Waals surface area (Å²) in [7, 11) is 0. The molecule has 0 unspecified atom stereocenters. The number of rotatable bonds is 4. The highest BCUT2D eigenvalue weighted by molar-refractivity contribution is 5.90. The van der Waals surface area contributed by atoms with Crippen molar-refractivity contribution < 1.29 is 13.2 Å². The Bertz CT molecular complexity index is 937. The molecule has 0 N–H and O–H groups in total. The molecule has 0 amide bonds. The van der Waals surface area contributed by atoms with Gasteiger partial charge < -0.3 is 0 Å². The van der Waals surface area contributed by atoms with Crippen molar-refractivity contribution in [2.45, 2.75) is 26.7 Å². The smallest absolute Gasteiger partial charge is 0.166 e. The molecule has 0 heterocycles. The molecule has 0 atom stereocenters. The molecule has 3 rings (SSSR count). The summed E-state index contributed by atoms with van der Waals surface area (Å²) in [5.41, 5.74) is 1.97. The third kappa shape index (κ3) is 3.32. The number of hydrogen-bond donors (Lipinski definition) is 0. The van der Waals surface area contributed by atoms with E-state index < -0.39 is 11.7 Å². The van der Waals surface area contributed by atoms with Crippen molar-refractivity contribution in [1.29, 1.82) is 0 Å². The Labute approximate surface area is 145 Å². The van der Waals surface area contributed by atoms with Gasteiger partial charge >= 0.3 is 0 Å². The maximum absolute atomic E-state index is 14.6. The van der Waals surface area contributed by atoms with Gasteiger partial charge in [-0.3, -0.25) is 0 Å². The molecule has 0 saturated heterocycles. The van der Waals surface area contributed by atoms with E-state index in [1.807, 2.05) is 13.8 Å². The van der Waals surface area contributed by atoms with E-state index in [9.17, 15) is 13.2 Å². The fraction of sp³-hybridized carbons (Fsp3) is 0.182. The Morgan fingerprint density at radius 3 is 2.04 bits per heavy atom. The Hall–Kier alpha value is -2.55. The summed E-state index contributed by atoms with van der Waals surface area (Å²) in [5, 5.41) is 0.972. The first-order valence-electron chi connectivity index (χ1n) is 8.41. The van der Waals surface area contributed by atoms with E-state index in [1.54, 1.807) is 36.4 Å². The van der Waals surface area contributed by atoms with Gasteiger partial charge in [0.05, 0.1) is 0 Å². The fourth-order valence-electron chi connectivity index (χ4n) is 2.89. The Morgan fingerprint density at radius 1 is 0.760 bits per heavy atom. The minimum atomic E-state index is -0.939. The first-order chi connectivity index (χ1) is 12.0. The fourth-order valence-corrected chi connectivity index (χ4v) is 2.89. The summed E-state index contributed by atoms with van der Waals surface area (Å²) in [5.74, 6) is -2.15. The second-order valence-electron chi connectivity index (χ2n) is 6.01. The number of aryl methyl sites for hydroxylation is 2. The van der Waals surface area contributed by atoms with Gasteiger partial charge in [-0.2, -0.15) is 0 Å². The summed E-state index contributed by atoms with van der Waals surface area (Å²) in [6.45, 7) is 3.88. The molecule has 0 aliphatic carbocycles. The van der Waals surface area contributed by atoms with Crippen LogP contribution >= 0.6 is 0 Å². The summed E-state index contributed by atoms with van der Waals surface area (Å²) >= 11 is 0. The average Bonchev–Trinajstić information content (AvgIpc) is 2.67. The van der Waals surface area contributed by atoms with Gasteiger partial charge in [-0.25, -0.2) is 13.2 Å². The number of hydrogen-bond acceptors (Lipinski definition) is 0. The second kappa shape index (κ2) is 7.14. The largest absolute Gasteiger partial charge is 0.206 e. The molecule has 0 saturated carbocycles. The van der Waals surface area contributed by atoms with Crippen LogP contribution < -0.4 is 0 Å². The first-order valence-corrected chi connectivity index (χ1v) is 8.41. The zero-order chi connectivity index (χ0) is 18.0. The molecule has 25 heavy (non-hydrogen) atoms. The lowest BCUT2D eigenvalue weighted by Gasteiger charge is -2.07. The molecule has 0 bridgehead atoms. The van der Waals surface area contributed by atoms with E-state index in [4.69, 9.17) is 0 Å². The van der Waals surface area contributed by atoms with Crippen molar-refractivity contribution in [1.82, 2.24) is 0 Å². The molecular weight excluding hydrogens is 321 g/mol. The summed E-state index contributed by atoms with van der Waals surface area (Å²) in [6, 6.07) is 14.5. The van der Waals surface area contributed by atoms with Crippen LogP contribution in [0.5, 0.6) is 0 Å². The van der Waals surface area contributed by atoms with Gasteiger partial charge in [-0.15, -0.1) is 0 Å². The van der Waals surface area contributed by atoms with E-state index in [-0.39, 0.29) is 16.9 Å². The van der Waals surface area contributed by atoms with Crippen LogP contribution in [0.4, 0.5) is 13.2 Å². The quantitative estimate of drug-likeness (QED) is 0.455. The lowest BCUT2D eigenvalue weighted by Crippen LogP contribution is -1.91. The maximum atomic E-state index is 14.6. The van der Waals surface area contributed by atoms with Crippen molar-refractivity contribution in [2.24, 2.45) is 0 Å². The van der Waals surface area contributed by atoms with Crippen molar-refractivity contribution >= 4 is 22.4 Å².